The lowest BCUT2D eigenvalue weighted by Crippen LogP contribution is -1.95. The normalized spacial score (nSPS) is 10.6. The summed E-state index contributed by atoms with van der Waals surface area (Å²) >= 11 is 5.62. The van der Waals surface area contributed by atoms with Crippen molar-refractivity contribution in [2.24, 2.45) is 5.10 Å². The predicted molar refractivity (Wildman–Crippen MR) is 71.3 cm³/mol. The molecule has 0 saturated carbocycles. The topological polar surface area (TPSA) is 59.4 Å². The number of ether oxygens (including phenoxy) is 1. The Morgan fingerprint density at radius 2 is 1.94 bits per heavy atom. The standard InChI is InChI=1S/C12H11ClN4O/c1-18-10-4-2-9(3-5-10)8-14-16-12-7-6-11(13)15-17-12/h2-8H,1H3,(H,16,17)/b14-8-. The third-order valence-corrected chi connectivity index (χ3v) is 2.34. The smallest absolute Gasteiger partial charge is 0.168 e. The van der Waals surface area contributed by atoms with Gasteiger partial charge < -0.3 is 4.74 Å². The maximum absolute atomic E-state index is 5.62. The molecule has 1 heterocycles. The molecule has 0 bridgehead atoms. The van der Waals surface area contributed by atoms with Crippen molar-refractivity contribution < 1.29 is 4.74 Å². The average molecular weight is 263 g/mol. The Labute approximate surface area is 109 Å². The molecule has 0 aliphatic carbocycles. The second-order valence-corrected chi connectivity index (χ2v) is 3.77. The van der Waals surface area contributed by atoms with E-state index in [4.69, 9.17) is 16.3 Å². The van der Waals surface area contributed by atoms with Crippen molar-refractivity contribution in [2.45, 2.75) is 0 Å². The molecular formula is C12H11ClN4O. The number of hydrazone groups is 1. The van der Waals surface area contributed by atoms with Crippen LogP contribution in [0.2, 0.25) is 5.15 Å². The number of nitrogens with one attached hydrogen (secondary N) is 1. The van der Waals surface area contributed by atoms with Gasteiger partial charge in [0, 0.05) is 0 Å². The summed E-state index contributed by atoms with van der Waals surface area (Å²) in [5, 5.41) is 11.9. The lowest BCUT2D eigenvalue weighted by atomic mass is 10.2. The van der Waals surface area contributed by atoms with E-state index in [1.165, 1.54) is 0 Å². The molecule has 0 aliphatic rings. The van der Waals surface area contributed by atoms with Crippen molar-refractivity contribution in [1.82, 2.24) is 10.2 Å². The minimum atomic E-state index is 0.347. The summed E-state index contributed by atoms with van der Waals surface area (Å²) in [6, 6.07) is 10.9. The third kappa shape index (κ3) is 3.43. The summed E-state index contributed by atoms with van der Waals surface area (Å²) in [6.07, 6.45) is 1.68. The van der Waals surface area contributed by atoms with Gasteiger partial charge in [-0.05, 0) is 42.0 Å². The second-order valence-electron chi connectivity index (χ2n) is 3.38. The van der Waals surface area contributed by atoms with Gasteiger partial charge in [-0.3, -0.25) is 5.43 Å². The maximum atomic E-state index is 5.62. The van der Waals surface area contributed by atoms with Gasteiger partial charge in [-0.1, -0.05) is 11.6 Å². The molecule has 0 aliphatic heterocycles. The van der Waals surface area contributed by atoms with Crippen LogP contribution in [0.5, 0.6) is 5.75 Å². The third-order valence-electron chi connectivity index (χ3n) is 2.14. The molecule has 1 aromatic heterocycles. The number of methoxy groups -OCH3 is 1. The fourth-order valence-electron chi connectivity index (χ4n) is 1.24. The highest BCUT2D eigenvalue weighted by Gasteiger charge is 1.93. The zero-order chi connectivity index (χ0) is 12.8. The van der Waals surface area contributed by atoms with Crippen LogP contribution in [0.15, 0.2) is 41.5 Å². The van der Waals surface area contributed by atoms with Crippen LogP contribution in [-0.2, 0) is 0 Å². The van der Waals surface area contributed by atoms with Crippen LogP contribution < -0.4 is 10.2 Å². The van der Waals surface area contributed by atoms with Crippen LogP contribution in [0.1, 0.15) is 5.56 Å². The first-order chi connectivity index (χ1) is 8.78. The van der Waals surface area contributed by atoms with Crippen molar-refractivity contribution in [1.29, 1.82) is 0 Å². The zero-order valence-electron chi connectivity index (χ0n) is 9.67. The Hall–Kier alpha value is -2.14. The van der Waals surface area contributed by atoms with Crippen LogP contribution >= 0.6 is 11.6 Å². The first-order valence-electron chi connectivity index (χ1n) is 5.20. The molecule has 18 heavy (non-hydrogen) atoms. The van der Waals surface area contributed by atoms with E-state index in [1.54, 1.807) is 25.5 Å². The molecular weight excluding hydrogens is 252 g/mol. The zero-order valence-corrected chi connectivity index (χ0v) is 10.4. The van der Waals surface area contributed by atoms with Crippen molar-refractivity contribution in [2.75, 3.05) is 12.5 Å². The van der Waals surface area contributed by atoms with E-state index in [2.05, 4.69) is 20.7 Å². The molecule has 0 atom stereocenters. The molecule has 1 N–H and O–H groups in total. The number of rotatable bonds is 4. The van der Waals surface area contributed by atoms with Gasteiger partial charge in [0.25, 0.3) is 0 Å². The summed E-state index contributed by atoms with van der Waals surface area (Å²) in [5.41, 5.74) is 3.70. The van der Waals surface area contributed by atoms with Crippen LogP contribution in [0.3, 0.4) is 0 Å². The number of nitrogens with zero attached hydrogens (tertiary/aromatic N) is 3. The molecule has 2 aromatic rings. The van der Waals surface area contributed by atoms with Crippen molar-refractivity contribution >= 4 is 23.6 Å². The molecule has 0 unspecified atom stereocenters. The van der Waals surface area contributed by atoms with Gasteiger partial charge in [0.05, 0.1) is 13.3 Å². The highest BCUT2D eigenvalue weighted by atomic mass is 35.5. The molecule has 0 saturated heterocycles. The number of benzene rings is 1. The lowest BCUT2D eigenvalue weighted by molar-refractivity contribution is 0.415. The van der Waals surface area contributed by atoms with Crippen LogP contribution in [0.4, 0.5) is 5.82 Å². The van der Waals surface area contributed by atoms with E-state index in [9.17, 15) is 0 Å². The van der Waals surface area contributed by atoms with Crippen LogP contribution in [0, 0.1) is 0 Å². The number of hydrogen-bond donors (Lipinski definition) is 1. The van der Waals surface area contributed by atoms with E-state index >= 15 is 0 Å². The average Bonchev–Trinajstić information content (AvgIpc) is 2.42. The molecule has 92 valence electrons. The number of halogens is 1. The van der Waals surface area contributed by atoms with E-state index in [-0.39, 0.29) is 0 Å². The van der Waals surface area contributed by atoms with Gasteiger partial charge in [-0.2, -0.15) is 5.10 Å². The number of hydrogen-bond acceptors (Lipinski definition) is 5. The van der Waals surface area contributed by atoms with Gasteiger partial charge in [0.1, 0.15) is 5.75 Å². The number of aromatic nitrogens is 2. The van der Waals surface area contributed by atoms with Gasteiger partial charge in [-0.15, -0.1) is 10.2 Å². The second kappa shape index (κ2) is 5.97. The maximum Gasteiger partial charge on any atom is 0.168 e. The quantitative estimate of drug-likeness (QED) is 0.680. The predicted octanol–water partition coefficient (Wildman–Crippen LogP) is 2.58. The van der Waals surface area contributed by atoms with Crippen molar-refractivity contribution in [3.05, 3.63) is 47.1 Å². The Kier molecular flexibility index (Phi) is 4.09. The monoisotopic (exact) mass is 262 g/mol. The molecule has 5 nitrogen and oxygen atoms in total. The van der Waals surface area contributed by atoms with E-state index in [0.29, 0.717) is 11.0 Å². The first-order valence-corrected chi connectivity index (χ1v) is 5.58. The fraction of sp³-hybridized carbons (Fsp3) is 0.0833. The SMILES string of the molecule is COc1ccc(/C=N\Nc2ccc(Cl)nn2)cc1. The summed E-state index contributed by atoms with van der Waals surface area (Å²) in [6.45, 7) is 0. The molecule has 2 rings (SSSR count). The largest absolute Gasteiger partial charge is 0.497 e. The van der Waals surface area contributed by atoms with Gasteiger partial charge in [-0.25, -0.2) is 0 Å². The summed E-state index contributed by atoms with van der Waals surface area (Å²) in [5.74, 6) is 1.34. The van der Waals surface area contributed by atoms with E-state index in [1.807, 2.05) is 24.3 Å². The Balaban J connectivity index is 1.96. The van der Waals surface area contributed by atoms with Crippen molar-refractivity contribution in [3.63, 3.8) is 0 Å². The molecule has 0 spiro atoms. The lowest BCUT2D eigenvalue weighted by Gasteiger charge is -1.99. The molecule has 0 fully saturated rings. The van der Waals surface area contributed by atoms with E-state index < -0.39 is 0 Å². The minimum Gasteiger partial charge on any atom is -0.497 e. The van der Waals surface area contributed by atoms with Crippen LogP contribution in [0.25, 0.3) is 0 Å². The van der Waals surface area contributed by atoms with Gasteiger partial charge >= 0.3 is 0 Å². The van der Waals surface area contributed by atoms with Gasteiger partial charge in [0.2, 0.25) is 0 Å². The highest BCUT2D eigenvalue weighted by Crippen LogP contribution is 2.10. The summed E-state index contributed by atoms with van der Waals surface area (Å²) in [4.78, 5) is 0. The molecule has 0 radical (unpaired) electrons. The van der Waals surface area contributed by atoms with Crippen molar-refractivity contribution in [3.8, 4) is 5.75 Å². The number of anilines is 1. The Morgan fingerprint density at radius 3 is 2.56 bits per heavy atom. The summed E-state index contributed by atoms with van der Waals surface area (Å²) < 4.78 is 5.06. The molecule has 1 aromatic carbocycles. The Morgan fingerprint density at radius 1 is 1.17 bits per heavy atom. The molecule has 6 heteroatoms. The van der Waals surface area contributed by atoms with Crippen LogP contribution in [-0.4, -0.2) is 23.5 Å². The molecule has 0 amide bonds. The van der Waals surface area contributed by atoms with E-state index in [0.717, 1.165) is 11.3 Å². The minimum absolute atomic E-state index is 0.347. The van der Waals surface area contributed by atoms with Gasteiger partial charge in [0.15, 0.2) is 11.0 Å². The first kappa shape index (κ1) is 12.3. The highest BCUT2D eigenvalue weighted by molar-refractivity contribution is 6.29. The fourth-order valence-corrected chi connectivity index (χ4v) is 1.34. The Bertz CT molecular complexity index is 525. The summed E-state index contributed by atoms with van der Waals surface area (Å²) in [7, 11) is 1.63.